The van der Waals surface area contributed by atoms with Crippen molar-refractivity contribution in [3.05, 3.63) is 24.0 Å². The molecule has 6 heteroatoms. The summed E-state index contributed by atoms with van der Waals surface area (Å²) in [5.41, 5.74) is 0.507. The van der Waals surface area contributed by atoms with Gasteiger partial charge in [-0.2, -0.15) is 0 Å². The fourth-order valence-electron chi connectivity index (χ4n) is 5.58. The van der Waals surface area contributed by atoms with Gasteiger partial charge in [-0.1, -0.05) is 46.0 Å². The number of hydrogen-bond donors (Lipinski definition) is 1. The minimum absolute atomic E-state index is 0.107. The lowest BCUT2D eigenvalue weighted by molar-refractivity contribution is 0.213. The Kier molecular flexibility index (Phi) is 7.72. The van der Waals surface area contributed by atoms with Crippen LogP contribution in [0.25, 0.3) is 10.9 Å². The fraction of sp³-hybridized carbons (Fsp3) is 0.704. The van der Waals surface area contributed by atoms with Gasteiger partial charge in [-0.15, -0.1) is 0 Å². The monoisotopic (exact) mass is 456 g/mol. The van der Waals surface area contributed by atoms with E-state index in [2.05, 4.69) is 16.0 Å². The molecule has 0 atom stereocenters. The van der Waals surface area contributed by atoms with E-state index < -0.39 is 5.67 Å². The van der Waals surface area contributed by atoms with Crippen LogP contribution in [0.3, 0.4) is 0 Å². The average Bonchev–Trinajstić information content (AvgIpc) is 3.63. The largest absolute Gasteiger partial charge is 0.395 e. The molecule has 0 amide bonds. The van der Waals surface area contributed by atoms with Gasteiger partial charge in [-0.05, 0) is 55.7 Å². The summed E-state index contributed by atoms with van der Waals surface area (Å²) in [6, 6.07) is 6.09. The third-order valence-corrected chi connectivity index (χ3v) is 7.78. The number of likely N-dealkylation sites (N-methyl/N-ethyl adjacent to an activating group) is 1. The number of rotatable bonds is 6. The Morgan fingerprint density at radius 1 is 1.03 bits per heavy atom. The molecule has 33 heavy (non-hydrogen) atoms. The smallest absolute Gasteiger partial charge is 0.170 e. The van der Waals surface area contributed by atoms with E-state index in [1.54, 1.807) is 0 Å². The van der Waals surface area contributed by atoms with E-state index in [0.29, 0.717) is 25.2 Å². The van der Waals surface area contributed by atoms with Crippen LogP contribution in [0.1, 0.15) is 77.5 Å². The van der Waals surface area contributed by atoms with Crippen LogP contribution < -0.4 is 9.80 Å². The van der Waals surface area contributed by atoms with Crippen molar-refractivity contribution in [1.82, 2.24) is 9.97 Å². The van der Waals surface area contributed by atoms with Crippen LogP contribution in [0.4, 0.5) is 15.9 Å². The first-order valence-electron chi connectivity index (χ1n) is 13.2. The van der Waals surface area contributed by atoms with E-state index in [0.717, 1.165) is 47.3 Å². The molecule has 5 nitrogen and oxygen atoms in total. The molecular weight excluding hydrogens is 415 g/mol. The van der Waals surface area contributed by atoms with Crippen LogP contribution in [0.2, 0.25) is 0 Å². The molecule has 2 heterocycles. The second-order valence-corrected chi connectivity index (χ2v) is 9.91. The Balaban J connectivity index is 0.00000126. The molecule has 0 bridgehead atoms. The number of aromatic nitrogens is 2. The molecular formula is C27H41FN4O. The molecule has 2 aliphatic carbocycles. The number of fused-ring (bicyclic) bond motifs is 1. The maximum absolute atomic E-state index is 14.9. The fourth-order valence-corrected chi connectivity index (χ4v) is 5.58. The van der Waals surface area contributed by atoms with Gasteiger partial charge in [0.25, 0.3) is 0 Å². The molecule has 3 aliphatic rings. The molecule has 1 aromatic heterocycles. The van der Waals surface area contributed by atoms with Gasteiger partial charge in [-0.3, -0.25) is 0 Å². The van der Waals surface area contributed by atoms with Crippen molar-refractivity contribution in [3.8, 4) is 0 Å². The molecule has 1 aromatic carbocycles. The lowest BCUT2D eigenvalue weighted by atomic mass is 9.76. The number of alkyl halides is 1. The number of piperidine rings is 1. The summed E-state index contributed by atoms with van der Waals surface area (Å²) in [7, 11) is 1.97. The van der Waals surface area contributed by atoms with Crippen molar-refractivity contribution in [1.29, 1.82) is 0 Å². The number of hydrogen-bond acceptors (Lipinski definition) is 5. The minimum atomic E-state index is -1.34. The van der Waals surface area contributed by atoms with Crippen molar-refractivity contribution < 1.29 is 9.50 Å². The highest BCUT2D eigenvalue weighted by Gasteiger charge is 2.48. The van der Waals surface area contributed by atoms with Crippen LogP contribution in [0.15, 0.2) is 18.2 Å². The standard InChI is InChI=1S/C25H35FN4O.C2H6/c1-29(15-16-31)20-7-8-22-21(17-20)23(28-24(27-22)25(26)11-12-25)30-13-9-19(10-14-30)18-5-3-2-4-6-18;1-2/h7-8,17-19,31H,2-6,9-16H2,1H3;1-2H3. The Bertz CT molecular complexity index is 918. The molecule has 0 radical (unpaired) electrons. The number of anilines is 2. The number of benzene rings is 1. The summed E-state index contributed by atoms with van der Waals surface area (Å²) in [6.07, 6.45) is 10.5. The third kappa shape index (κ3) is 5.26. The molecule has 2 aromatic rings. The number of halogens is 1. The predicted molar refractivity (Wildman–Crippen MR) is 135 cm³/mol. The van der Waals surface area contributed by atoms with E-state index in [1.807, 2.05) is 37.9 Å². The summed E-state index contributed by atoms with van der Waals surface area (Å²) in [6.45, 7) is 6.65. The SMILES string of the molecule is CC.CN(CCO)c1ccc2nc(C3(F)CC3)nc(N3CCC(C4CCCCC4)CC3)c2c1. The number of aliphatic hydroxyl groups excluding tert-OH is 1. The van der Waals surface area contributed by atoms with Crippen molar-refractivity contribution >= 4 is 22.4 Å². The highest BCUT2D eigenvalue weighted by atomic mass is 19.1. The molecule has 0 unspecified atom stereocenters. The maximum Gasteiger partial charge on any atom is 0.170 e. The van der Waals surface area contributed by atoms with Gasteiger partial charge in [0, 0.05) is 37.8 Å². The third-order valence-electron chi connectivity index (χ3n) is 7.78. The Hall–Kier alpha value is -1.95. The lowest BCUT2D eigenvalue weighted by Gasteiger charge is -2.38. The van der Waals surface area contributed by atoms with Gasteiger partial charge in [0.15, 0.2) is 11.5 Å². The van der Waals surface area contributed by atoms with Gasteiger partial charge >= 0.3 is 0 Å². The molecule has 5 rings (SSSR count). The Labute approximate surface area is 198 Å². The van der Waals surface area contributed by atoms with Crippen molar-refractivity contribution in [2.75, 3.05) is 43.1 Å². The zero-order valence-corrected chi connectivity index (χ0v) is 20.7. The number of aliphatic hydroxyl groups is 1. The lowest BCUT2D eigenvalue weighted by Crippen LogP contribution is -2.37. The minimum Gasteiger partial charge on any atom is -0.395 e. The van der Waals surface area contributed by atoms with Crippen LogP contribution in [-0.2, 0) is 5.67 Å². The molecule has 182 valence electrons. The highest BCUT2D eigenvalue weighted by molar-refractivity contribution is 5.92. The van der Waals surface area contributed by atoms with Crippen molar-refractivity contribution in [2.45, 2.75) is 77.3 Å². The first kappa shape index (κ1) is 24.2. The highest BCUT2D eigenvalue weighted by Crippen LogP contribution is 2.49. The van der Waals surface area contributed by atoms with Gasteiger partial charge in [0.1, 0.15) is 5.82 Å². The number of nitrogens with zero attached hydrogens (tertiary/aromatic N) is 4. The molecule has 1 N–H and O–H groups in total. The first-order valence-corrected chi connectivity index (χ1v) is 13.2. The summed E-state index contributed by atoms with van der Waals surface area (Å²) in [5, 5.41) is 10.3. The van der Waals surface area contributed by atoms with Gasteiger partial charge in [-0.25, -0.2) is 14.4 Å². The van der Waals surface area contributed by atoms with Crippen molar-refractivity contribution in [3.63, 3.8) is 0 Å². The van der Waals surface area contributed by atoms with E-state index >= 15 is 0 Å². The van der Waals surface area contributed by atoms with Crippen LogP contribution in [-0.4, -0.2) is 48.4 Å². The summed E-state index contributed by atoms with van der Waals surface area (Å²) in [5.74, 6) is 2.98. The summed E-state index contributed by atoms with van der Waals surface area (Å²) < 4.78 is 14.9. The van der Waals surface area contributed by atoms with Crippen LogP contribution in [0, 0.1) is 11.8 Å². The summed E-state index contributed by atoms with van der Waals surface area (Å²) in [4.78, 5) is 13.8. The molecule has 0 spiro atoms. The van der Waals surface area contributed by atoms with Crippen molar-refractivity contribution in [2.24, 2.45) is 11.8 Å². The quantitative estimate of drug-likeness (QED) is 0.592. The zero-order chi connectivity index (χ0) is 23.4. The molecule has 1 aliphatic heterocycles. The summed E-state index contributed by atoms with van der Waals surface area (Å²) >= 11 is 0. The van der Waals surface area contributed by atoms with E-state index in [9.17, 15) is 9.50 Å². The van der Waals surface area contributed by atoms with Crippen LogP contribution in [0.5, 0.6) is 0 Å². The first-order chi connectivity index (χ1) is 16.1. The second-order valence-electron chi connectivity index (χ2n) is 9.91. The topological polar surface area (TPSA) is 52.5 Å². The average molecular weight is 457 g/mol. The van der Waals surface area contributed by atoms with E-state index in [1.165, 1.54) is 44.9 Å². The van der Waals surface area contributed by atoms with Crippen LogP contribution >= 0.6 is 0 Å². The van der Waals surface area contributed by atoms with E-state index in [4.69, 9.17) is 4.98 Å². The zero-order valence-electron chi connectivity index (χ0n) is 20.7. The second kappa shape index (κ2) is 10.5. The predicted octanol–water partition coefficient (Wildman–Crippen LogP) is 5.84. The maximum atomic E-state index is 14.9. The molecule has 3 fully saturated rings. The van der Waals surface area contributed by atoms with E-state index in [-0.39, 0.29) is 6.61 Å². The Morgan fingerprint density at radius 2 is 1.70 bits per heavy atom. The Morgan fingerprint density at radius 3 is 2.33 bits per heavy atom. The molecule has 2 saturated carbocycles. The van der Waals surface area contributed by atoms with Gasteiger partial charge < -0.3 is 14.9 Å². The normalized spacial score (nSPS) is 20.9. The van der Waals surface area contributed by atoms with Gasteiger partial charge in [0.05, 0.1) is 12.1 Å². The molecule has 1 saturated heterocycles. The van der Waals surface area contributed by atoms with Gasteiger partial charge in [0.2, 0.25) is 0 Å².